The smallest absolute Gasteiger partial charge is 0.251 e. The molecule has 140 valence electrons. The minimum absolute atomic E-state index is 0.0359. The number of unbranched alkanes of at least 4 members (excludes halogenated alkanes) is 1. The van der Waals surface area contributed by atoms with E-state index < -0.39 is 0 Å². The molecule has 0 unspecified atom stereocenters. The predicted molar refractivity (Wildman–Crippen MR) is 103 cm³/mol. The number of aliphatic imine (C=N–C) groups is 1. The highest BCUT2D eigenvalue weighted by atomic mass is 16.5. The number of ether oxygens (including phenoxy) is 1. The molecule has 0 heterocycles. The molecule has 1 aromatic carbocycles. The van der Waals surface area contributed by atoms with Gasteiger partial charge in [0.15, 0.2) is 5.96 Å². The van der Waals surface area contributed by atoms with Crippen molar-refractivity contribution in [1.82, 2.24) is 16.0 Å². The van der Waals surface area contributed by atoms with Gasteiger partial charge in [-0.05, 0) is 31.4 Å². The lowest BCUT2D eigenvalue weighted by molar-refractivity contribution is 0.0953. The van der Waals surface area contributed by atoms with Crippen LogP contribution >= 0.6 is 0 Å². The second kappa shape index (κ2) is 14.3. The molecule has 0 aliphatic heterocycles. The van der Waals surface area contributed by atoms with Crippen molar-refractivity contribution in [3.05, 3.63) is 35.9 Å². The highest BCUT2D eigenvalue weighted by molar-refractivity contribution is 5.94. The molecule has 6 nitrogen and oxygen atoms in total. The maximum Gasteiger partial charge on any atom is 0.251 e. The average molecular weight is 348 g/mol. The monoisotopic (exact) mass is 348 g/mol. The average Bonchev–Trinajstić information content (AvgIpc) is 2.65. The quantitative estimate of drug-likeness (QED) is 0.307. The van der Waals surface area contributed by atoms with Gasteiger partial charge in [-0.3, -0.25) is 9.79 Å². The first-order valence-electron chi connectivity index (χ1n) is 9.13. The Morgan fingerprint density at radius 3 is 2.28 bits per heavy atom. The molecule has 6 heteroatoms. The molecule has 0 radical (unpaired) electrons. The van der Waals surface area contributed by atoms with E-state index in [1.807, 2.05) is 30.3 Å². The van der Waals surface area contributed by atoms with E-state index in [1.165, 1.54) is 6.42 Å². The van der Waals surface area contributed by atoms with Gasteiger partial charge in [0.05, 0.1) is 0 Å². The molecule has 0 fully saturated rings. The topological polar surface area (TPSA) is 74.8 Å². The number of rotatable bonds is 12. The fourth-order valence-corrected chi connectivity index (χ4v) is 2.14. The summed E-state index contributed by atoms with van der Waals surface area (Å²) in [6, 6.07) is 9.25. The molecule has 0 aliphatic rings. The van der Waals surface area contributed by atoms with Gasteiger partial charge in [-0.2, -0.15) is 0 Å². The fraction of sp³-hybridized carbons (Fsp3) is 0.579. The van der Waals surface area contributed by atoms with Gasteiger partial charge in [-0.1, -0.05) is 31.5 Å². The van der Waals surface area contributed by atoms with Crippen molar-refractivity contribution in [2.24, 2.45) is 4.99 Å². The molecule has 1 aromatic rings. The Morgan fingerprint density at radius 1 is 0.960 bits per heavy atom. The van der Waals surface area contributed by atoms with Crippen molar-refractivity contribution in [2.45, 2.75) is 32.6 Å². The number of hydrogen-bond acceptors (Lipinski definition) is 3. The molecule has 0 saturated carbocycles. The molecule has 0 aromatic heterocycles. The van der Waals surface area contributed by atoms with E-state index in [4.69, 9.17) is 4.74 Å². The molecular formula is C19H32N4O2. The highest BCUT2D eigenvalue weighted by Gasteiger charge is 2.03. The van der Waals surface area contributed by atoms with Crippen molar-refractivity contribution in [3.63, 3.8) is 0 Å². The summed E-state index contributed by atoms with van der Waals surface area (Å²) in [4.78, 5) is 16.1. The number of hydrogen-bond donors (Lipinski definition) is 3. The van der Waals surface area contributed by atoms with Crippen LogP contribution in [0.3, 0.4) is 0 Å². The molecule has 0 spiro atoms. The zero-order chi connectivity index (χ0) is 18.2. The molecule has 25 heavy (non-hydrogen) atoms. The van der Waals surface area contributed by atoms with E-state index in [0.717, 1.165) is 51.5 Å². The van der Waals surface area contributed by atoms with Crippen LogP contribution in [-0.4, -0.2) is 51.8 Å². The van der Waals surface area contributed by atoms with Gasteiger partial charge < -0.3 is 20.7 Å². The Kier molecular flexibility index (Phi) is 12.0. The van der Waals surface area contributed by atoms with Gasteiger partial charge in [0, 0.05) is 45.5 Å². The Bertz CT molecular complexity index is 491. The third-order valence-corrected chi connectivity index (χ3v) is 3.59. The Hall–Kier alpha value is -2.08. The molecular weight excluding hydrogens is 316 g/mol. The van der Waals surface area contributed by atoms with Crippen LogP contribution in [0, 0.1) is 0 Å². The summed E-state index contributed by atoms with van der Waals surface area (Å²) in [7, 11) is 1.75. The molecule has 1 amide bonds. The minimum Gasteiger partial charge on any atom is -0.381 e. The number of carbonyl (C=O) groups excluding carboxylic acids is 1. The lowest BCUT2D eigenvalue weighted by atomic mass is 10.2. The largest absolute Gasteiger partial charge is 0.381 e. The second-order valence-corrected chi connectivity index (χ2v) is 5.72. The molecule has 3 N–H and O–H groups in total. The number of benzene rings is 1. The van der Waals surface area contributed by atoms with Crippen LogP contribution in [0.1, 0.15) is 43.0 Å². The lowest BCUT2D eigenvalue weighted by Crippen LogP contribution is -2.39. The van der Waals surface area contributed by atoms with Gasteiger partial charge in [0.25, 0.3) is 5.91 Å². The van der Waals surface area contributed by atoms with Crippen molar-refractivity contribution in [2.75, 3.05) is 39.9 Å². The summed E-state index contributed by atoms with van der Waals surface area (Å²) < 4.78 is 5.52. The van der Waals surface area contributed by atoms with Gasteiger partial charge in [-0.15, -0.1) is 0 Å². The first-order chi connectivity index (χ1) is 12.3. The number of nitrogens with one attached hydrogen (secondary N) is 3. The van der Waals surface area contributed by atoms with Crippen molar-refractivity contribution in [1.29, 1.82) is 0 Å². The van der Waals surface area contributed by atoms with Crippen molar-refractivity contribution < 1.29 is 9.53 Å². The normalized spacial score (nSPS) is 11.2. The minimum atomic E-state index is -0.0359. The van der Waals surface area contributed by atoms with E-state index in [1.54, 1.807) is 7.05 Å². The van der Waals surface area contributed by atoms with E-state index >= 15 is 0 Å². The third-order valence-electron chi connectivity index (χ3n) is 3.59. The van der Waals surface area contributed by atoms with Crippen LogP contribution in [0.2, 0.25) is 0 Å². The number of guanidine groups is 1. The standard InChI is InChI=1S/C19H32N4O2/c1-3-4-15-25-16-9-14-23-19(20-2)22-13-8-12-21-18(24)17-10-6-5-7-11-17/h5-7,10-11H,3-4,8-9,12-16H2,1-2H3,(H,21,24)(H2,20,22,23). The summed E-state index contributed by atoms with van der Waals surface area (Å²) in [5, 5.41) is 9.41. The SMILES string of the molecule is CCCCOCCCNC(=NC)NCCCNC(=O)c1ccccc1. The summed E-state index contributed by atoms with van der Waals surface area (Å²) >= 11 is 0. The zero-order valence-electron chi connectivity index (χ0n) is 15.5. The van der Waals surface area contributed by atoms with Crippen molar-refractivity contribution in [3.8, 4) is 0 Å². The molecule has 0 aliphatic carbocycles. The molecule has 0 saturated heterocycles. The zero-order valence-corrected chi connectivity index (χ0v) is 15.5. The summed E-state index contributed by atoms with van der Waals surface area (Å²) in [5.41, 5.74) is 0.689. The lowest BCUT2D eigenvalue weighted by Gasteiger charge is -2.12. The van der Waals surface area contributed by atoms with Gasteiger partial charge in [0.2, 0.25) is 0 Å². The van der Waals surface area contributed by atoms with Crippen LogP contribution in [0.25, 0.3) is 0 Å². The Balaban J connectivity index is 2.02. The van der Waals surface area contributed by atoms with Crippen LogP contribution < -0.4 is 16.0 Å². The third kappa shape index (κ3) is 10.4. The van der Waals surface area contributed by atoms with Crippen LogP contribution in [0.15, 0.2) is 35.3 Å². The van der Waals surface area contributed by atoms with E-state index in [-0.39, 0.29) is 5.91 Å². The summed E-state index contributed by atoms with van der Waals surface area (Å²) in [6.07, 6.45) is 4.08. The van der Waals surface area contributed by atoms with Crippen LogP contribution in [0.4, 0.5) is 0 Å². The Labute approximate surface area is 151 Å². The van der Waals surface area contributed by atoms with Crippen LogP contribution in [-0.2, 0) is 4.74 Å². The predicted octanol–water partition coefficient (Wildman–Crippen LogP) is 2.18. The first kappa shape index (κ1) is 21.0. The molecule has 0 bridgehead atoms. The number of carbonyl (C=O) groups is 1. The molecule has 0 atom stereocenters. The maximum atomic E-state index is 11.9. The van der Waals surface area contributed by atoms with Crippen molar-refractivity contribution >= 4 is 11.9 Å². The fourth-order valence-electron chi connectivity index (χ4n) is 2.14. The summed E-state index contributed by atoms with van der Waals surface area (Å²) in [6.45, 7) is 5.99. The molecule has 1 rings (SSSR count). The van der Waals surface area contributed by atoms with Gasteiger partial charge in [0.1, 0.15) is 0 Å². The van der Waals surface area contributed by atoms with E-state index in [0.29, 0.717) is 12.1 Å². The number of amides is 1. The second-order valence-electron chi connectivity index (χ2n) is 5.72. The number of nitrogens with zero attached hydrogens (tertiary/aromatic N) is 1. The van der Waals surface area contributed by atoms with E-state index in [2.05, 4.69) is 27.9 Å². The van der Waals surface area contributed by atoms with Gasteiger partial charge in [-0.25, -0.2) is 0 Å². The maximum absolute atomic E-state index is 11.9. The summed E-state index contributed by atoms with van der Waals surface area (Å²) in [5.74, 6) is 0.745. The van der Waals surface area contributed by atoms with Crippen LogP contribution in [0.5, 0.6) is 0 Å². The van der Waals surface area contributed by atoms with Gasteiger partial charge >= 0.3 is 0 Å². The first-order valence-corrected chi connectivity index (χ1v) is 9.13. The Morgan fingerprint density at radius 2 is 1.60 bits per heavy atom. The van der Waals surface area contributed by atoms with E-state index in [9.17, 15) is 4.79 Å². The highest BCUT2D eigenvalue weighted by Crippen LogP contribution is 1.97.